The molecular weight excluding hydrogens is 240 g/mol. The minimum atomic E-state index is -0.0139. The Morgan fingerprint density at radius 1 is 1.32 bits per heavy atom. The van der Waals surface area contributed by atoms with Crippen LogP contribution in [0.3, 0.4) is 0 Å². The van der Waals surface area contributed by atoms with Crippen molar-refractivity contribution in [3.05, 3.63) is 36.0 Å². The molecule has 0 saturated carbocycles. The number of likely N-dealkylation sites (tertiary alicyclic amines) is 1. The quantitative estimate of drug-likeness (QED) is 0.895. The number of nitrogens with one attached hydrogen (secondary N) is 1. The first kappa shape index (κ1) is 12.0. The summed E-state index contributed by atoms with van der Waals surface area (Å²) in [5, 5.41) is 1.04. The SMILES string of the molecule is CC(=O)C1CCN(C(=O)c2cc3ccccc3[nH]2)C1. The van der Waals surface area contributed by atoms with Crippen LogP contribution in [0.4, 0.5) is 0 Å². The van der Waals surface area contributed by atoms with E-state index in [9.17, 15) is 9.59 Å². The zero-order valence-electron chi connectivity index (χ0n) is 10.8. The Bertz CT molecular complexity index is 611. The predicted octanol–water partition coefficient (Wildman–Crippen LogP) is 2.22. The maximum Gasteiger partial charge on any atom is 0.270 e. The first-order chi connectivity index (χ1) is 9.15. The smallest absolute Gasteiger partial charge is 0.270 e. The molecule has 1 N–H and O–H groups in total. The van der Waals surface area contributed by atoms with Crippen LogP contribution in [0.15, 0.2) is 30.3 Å². The molecule has 0 spiro atoms. The molecular formula is C15H16N2O2. The molecule has 2 heterocycles. The number of aromatic amines is 1. The van der Waals surface area contributed by atoms with Gasteiger partial charge in [0.2, 0.25) is 0 Å². The van der Waals surface area contributed by atoms with Gasteiger partial charge in [-0.1, -0.05) is 18.2 Å². The fourth-order valence-corrected chi connectivity index (χ4v) is 2.64. The summed E-state index contributed by atoms with van der Waals surface area (Å²) in [6.45, 7) is 2.81. The number of rotatable bonds is 2. The van der Waals surface area contributed by atoms with Crippen molar-refractivity contribution in [2.24, 2.45) is 5.92 Å². The summed E-state index contributed by atoms with van der Waals surface area (Å²) in [7, 11) is 0. The number of Topliss-reactive ketones (excluding diaryl/α,β-unsaturated/α-hetero) is 1. The topological polar surface area (TPSA) is 53.2 Å². The average Bonchev–Trinajstić information content (AvgIpc) is 3.04. The zero-order chi connectivity index (χ0) is 13.4. The van der Waals surface area contributed by atoms with Crippen LogP contribution < -0.4 is 0 Å². The summed E-state index contributed by atoms with van der Waals surface area (Å²) in [5.41, 5.74) is 1.57. The van der Waals surface area contributed by atoms with E-state index >= 15 is 0 Å². The summed E-state index contributed by atoms with van der Waals surface area (Å²) in [5.74, 6) is 0.167. The van der Waals surface area contributed by atoms with Crippen molar-refractivity contribution in [1.82, 2.24) is 9.88 Å². The first-order valence-corrected chi connectivity index (χ1v) is 6.52. The number of hydrogen-bond acceptors (Lipinski definition) is 2. The number of benzene rings is 1. The molecule has 0 aliphatic carbocycles. The fourth-order valence-electron chi connectivity index (χ4n) is 2.64. The molecule has 1 amide bonds. The molecule has 3 rings (SSSR count). The highest BCUT2D eigenvalue weighted by atomic mass is 16.2. The molecule has 19 heavy (non-hydrogen) atoms. The Kier molecular flexibility index (Phi) is 2.85. The number of nitrogens with zero attached hydrogens (tertiary/aromatic N) is 1. The van der Waals surface area contributed by atoms with Gasteiger partial charge in [-0.25, -0.2) is 0 Å². The number of fused-ring (bicyclic) bond motifs is 1. The van der Waals surface area contributed by atoms with Crippen LogP contribution in [-0.4, -0.2) is 34.7 Å². The third-order valence-corrected chi connectivity index (χ3v) is 3.81. The minimum Gasteiger partial charge on any atom is -0.351 e. The molecule has 4 heteroatoms. The van der Waals surface area contributed by atoms with Crippen molar-refractivity contribution < 1.29 is 9.59 Å². The van der Waals surface area contributed by atoms with E-state index in [2.05, 4.69) is 4.98 Å². The predicted molar refractivity (Wildman–Crippen MR) is 73.0 cm³/mol. The lowest BCUT2D eigenvalue weighted by Gasteiger charge is -2.14. The molecule has 0 radical (unpaired) electrons. The molecule has 2 aromatic rings. The number of para-hydroxylation sites is 1. The molecule has 1 aromatic heterocycles. The van der Waals surface area contributed by atoms with Crippen molar-refractivity contribution in [3.8, 4) is 0 Å². The number of amides is 1. The number of carbonyl (C=O) groups is 2. The Labute approximate surface area is 111 Å². The number of carbonyl (C=O) groups excluding carboxylic acids is 2. The third kappa shape index (κ3) is 2.14. The molecule has 1 unspecified atom stereocenters. The molecule has 0 bridgehead atoms. The lowest BCUT2D eigenvalue weighted by Crippen LogP contribution is -2.29. The van der Waals surface area contributed by atoms with Crippen LogP contribution in [0.25, 0.3) is 10.9 Å². The Morgan fingerprint density at radius 2 is 2.11 bits per heavy atom. The van der Waals surface area contributed by atoms with Crippen LogP contribution in [0.2, 0.25) is 0 Å². The summed E-state index contributed by atoms with van der Waals surface area (Å²) in [4.78, 5) is 28.6. The lowest BCUT2D eigenvalue weighted by molar-refractivity contribution is -0.120. The van der Waals surface area contributed by atoms with Gasteiger partial charge >= 0.3 is 0 Å². The zero-order valence-corrected chi connectivity index (χ0v) is 10.8. The summed E-state index contributed by atoms with van der Waals surface area (Å²) >= 11 is 0. The van der Waals surface area contributed by atoms with Crippen LogP contribution >= 0.6 is 0 Å². The second-order valence-corrected chi connectivity index (χ2v) is 5.12. The van der Waals surface area contributed by atoms with Crippen molar-refractivity contribution in [2.75, 3.05) is 13.1 Å². The van der Waals surface area contributed by atoms with Crippen LogP contribution in [0.1, 0.15) is 23.8 Å². The van der Waals surface area contributed by atoms with E-state index < -0.39 is 0 Å². The van der Waals surface area contributed by atoms with Gasteiger partial charge in [-0.2, -0.15) is 0 Å². The van der Waals surface area contributed by atoms with Gasteiger partial charge in [-0.3, -0.25) is 9.59 Å². The van der Waals surface area contributed by atoms with Gasteiger partial charge < -0.3 is 9.88 Å². The summed E-state index contributed by atoms with van der Waals surface area (Å²) in [6.07, 6.45) is 0.779. The maximum absolute atomic E-state index is 12.4. The van der Waals surface area contributed by atoms with Gasteiger partial charge in [0.05, 0.1) is 0 Å². The normalized spacial score (nSPS) is 19.0. The van der Waals surface area contributed by atoms with Crippen molar-refractivity contribution in [1.29, 1.82) is 0 Å². The van der Waals surface area contributed by atoms with Crippen LogP contribution in [0, 0.1) is 5.92 Å². The molecule has 1 aliphatic heterocycles. The van der Waals surface area contributed by atoms with Gasteiger partial charge in [0, 0.05) is 29.9 Å². The van der Waals surface area contributed by atoms with Crippen LogP contribution in [-0.2, 0) is 4.79 Å². The number of H-pyrrole nitrogens is 1. The molecule has 1 aliphatic rings. The Morgan fingerprint density at radius 3 is 2.79 bits per heavy atom. The van der Waals surface area contributed by atoms with E-state index in [1.165, 1.54) is 0 Å². The second kappa shape index (κ2) is 4.53. The number of hydrogen-bond donors (Lipinski definition) is 1. The van der Waals surface area contributed by atoms with Crippen LogP contribution in [0.5, 0.6) is 0 Å². The lowest BCUT2D eigenvalue weighted by atomic mass is 10.1. The van der Waals surface area contributed by atoms with Gasteiger partial charge in [0.25, 0.3) is 5.91 Å². The minimum absolute atomic E-state index is 0.00771. The molecule has 1 atom stereocenters. The Balaban J connectivity index is 1.82. The summed E-state index contributed by atoms with van der Waals surface area (Å²) in [6, 6.07) is 9.69. The maximum atomic E-state index is 12.4. The standard InChI is InChI=1S/C15H16N2O2/c1-10(18)12-6-7-17(9-12)15(19)14-8-11-4-2-3-5-13(11)16-14/h2-5,8,12,16H,6-7,9H2,1H3. The monoisotopic (exact) mass is 256 g/mol. The Hall–Kier alpha value is -2.10. The molecule has 1 aromatic carbocycles. The van der Waals surface area contributed by atoms with Gasteiger partial charge in [-0.05, 0) is 25.5 Å². The molecule has 98 valence electrons. The highest BCUT2D eigenvalue weighted by Crippen LogP contribution is 2.21. The fraction of sp³-hybridized carbons (Fsp3) is 0.333. The molecule has 1 saturated heterocycles. The highest BCUT2D eigenvalue weighted by Gasteiger charge is 2.29. The third-order valence-electron chi connectivity index (χ3n) is 3.81. The van der Waals surface area contributed by atoms with Crippen molar-refractivity contribution in [2.45, 2.75) is 13.3 Å². The molecule has 4 nitrogen and oxygen atoms in total. The van der Waals surface area contributed by atoms with E-state index in [0.29, 0.717) is 18.8 Å². The molecule has 1 fully saturated rings. The van der Waals surface area contributed by atoms with E-state index in [1.807, 2.05) is 30.3 Å². The summed E-state index contributed by atoms with van der Waals surface area (Å²) < 4.78 is 0. The number of aromatic nitrogens is 1. The number of ketones is 1. The average molecular weight is 256 g/mol. The van der Waals surface area contributed by atoms with E-state index in [4.69, 9.17) is 0 Å². The van der Waals surface area contributed by atoms with E-state index in [1.54, 1.807) is 11.8 Å². The van der Waals surface area contributed by atoms with E-state index in [-0.39, 0.29) is 17.6 Å². The largest absolute Gasteiger partial charge is 0.351 e. The van der Waals surface area contributed by atoms with E-state index in [0.717, 1.165) is 17.3 Å². The van der Waals surface area contributed by atoms with Gasteiger partial charge in [0.1, 0.15) is 11.5 Å². The second-order valence-electron chi connectivity index (χ2n) is 5.12. The van der Waals surface area contributed by atoms with Crippen molar-refractivity contribution in [3.63, 3.8) is 0 Å². The van der Waals surface area contributed by atoms with Gasteiger partial charge in [0.15, 0.2) is 0 Å². The highest BCUT2D eigenvalue weighted by molar-refractivity contribution is 5.98. The first-order valence-electron chi connectivity index (χ1n) is 6.52. The van der Waals surface area contributed by atoms with Gasteiger partial charge in [-0.15, -0.1) is 0 Å². The van der Waals surface area contributed by atoms with Crippen molar-refractivity contribution >= 4 is 22.6 Å².